The average molecular weight is 465 g/mol. The monoisotopic (exact) mass is 464 g/mol. The molecule has 176 valence electrons. The highest BCUT2D eigenvalue weighted by Crippen LogP contribution is 2.36. The number of hydrogen-bond donors (Lipinski definition) is 2. The Balaban J connectivity index is 1.62. The third kappa shape index (κ3) is 5.33. The normalized spacial score (nSPS) is 11.3. The topological polar surface area (TPSA) is 74.6 Å². The van der Waals surface area contributed by atoms with E-state index in [2.05, 4.69) is 0 Å². The van der Waals surface area contributed by atoms with Crippen LogP contribution in [-0.4, -0.2) is 21.8 Å². The van der Waals surface area contributed by atoms with E-state index in [0.717, 1.165) is 11.1 Å². The zero-order chi connectivity index (χ0) is 25.0. The van der Waals surface area contributed by atoms with E-state index >= 15 is 0 Å². The second kappa shape index (κ2) is 9.98. The second-order valence-corrected chi connectivity index (χ2v) is 9.24. The highest BCUT2D eigenvalue weighted by Gasteiger charge is 2.26. The molecule has 4 nitrogen and oxygen atoms in total. The molecule has 0 fully saturated rings. The highest BCUT2D eigenvalue weighted by molar-refractivity contribution is 5.98. The number of phenols is 2. The van der Waals surface area contributed by atoms with Crippen molar-refractivity contribution in [2.45, 2.75) is 32.1 Å². The molecular weight excluding hydrogens is 436 g/mol. The fourth-order valence-electron chi connectivity index (χ4n) is 4.20. The first-order valence-electron chi connectivity index (χ1n) is 11.6. The van der Waals surface area contributed by atoms with Crippen molar-refractivity contribution in [3.63, 3.8) is 0 Å². The summed E-state index contributed by atoms with van der Waals surface area (Å²) in [6.45, 7) is 4.08. The summed E-state index contributed by atoms with van der Waals surface area (Å²) in [5.74, 6) is 0.0202. The van der Waals surface area contributed by atoms with Crippen LogP contribution in [0.5, 0.6) is 11.5 Å². The zero-order valence-corrected chi connectivity index (χ0v) is 19.9. The van der Waals surface area contributed by atoms with Crippen molar-refractivity contribution in [2.75, 3.05) is 0 Å². The Bertz CT molecular complexity index is 1250. The fourth-order valence-corrected chi connectivity index (χ4v) is 4.20. The summed E-state index contributed by atoms with van der Waals surface area (Å²) in [5, 5.41) is 20.9. The van der Waals surface area contributed by atoms with Crippen molar-refractivity contribution >= 4 is 11.6 Å². The Hall–Kier alpha value is -4.18. The van der Waals surface area contributed by atoms with E-state index in [-0.39, 0.29) is 35.9 Å². The van der Waals surface area contributed by atoms with E-state index < -0.39 is 5.41 Å². The van der Waals surface area contributed by atoms with E-state index in [1.807, 2.05) is 74.5 Å². The third-order valence-corrected chi connectivity index (χ3v) is 6.50. The number of hydrogen-bond acceptors (Lipinski definition) is 4. The minimum atomic E-state index is -0.503. The van der Waals surface area contributed by atoms with Crippen LogP contribution >= 0.6 is 0 Å². The number of Topliss-reactive ketones (excluding diaryl/α,β-unsaturated/α-hetero) is 2. The van der Waals surface area contributed by atoms with Crippen LogP contribution in [0.1, 0.15) is 56.8 Å². The molecule has 0 saturated carbocycles. The van der Waals surface area contributed by atoms with Gasteiger partial charge in [-0.2, -0.15) is 0 Å². The van der Waals surface area contributed by atoms with Gasteiger partial charge in [0.2, 0.25) is 0 Å². The number of ketones is 2. The number of phenolic OH excluding ortho intramolecular Hbond substituents is 2. The van der Waals surface area contributed by atoms with Gasteiger partial charge in [0, 0.05) is 40.5 Å². The molecule has 0 aliphatic heterocycles. The van der Waals surface area contributed by atoms with Gasteiger partial charge < -0.3 is 10.2 Å². The molecule has 0 saturated heterocycles. The first-order valence-corrected chi connectivity index (χ1v) is 11.6. The van der Waals surface area contributed by atoms with Crippen molar-refractivity contribution in [1.82, 2.24) is 0 Å². The quantitative estimate of drug-likeness (QED) is 0.301. The van der Waals surface area contributed by atoms with Crippen LogP contribution in [0.2, 0.25) is 0 Å². The van der Waals surface area contributed by atoms with E-state index in [4.69, 9.17) is 0 Å². The molecule has 0 heterocycles. The molecule has 2 N–H and O–H groups in total. The summed E-state index contributed by atoms with van der Waals surface area (Å²) in [6.07, 6.45) is 0.179. The van der Waals surface area contributed by atoms with Gasteiger partial charge in [-0.05, 0) is 23.3 Å². The zero-order valence-electron chi connectivity index (χ0n) is 19.9. The SMILES string of the molecule is CC(C)(c1ccc(O)c(CC(=O)c2ccccc2)c1)c1ccc(O)c(CC(=O)c2ccccc2)c1. The third-order valence-electron chi connectivity index (χ3n) is 6.50. The molecule has 4 rings (SSSR count). The molecule has 4 heteroatoms. The lowest BCUT2D eigenvalue weighted by molar-refractivity contribution is 0.0984. The fraction of sp³-hybridized carbons (Fsp3) is 0.161. The van der Waals surface area contributed by atoms with Crippen LogP contribution in [0.3, 0.4) is 0 Å². The maximum absolute atomic E-state index is 12.7. The van der Waals surface area contributed by atoms with Crippen molar-refractivity contribution in [3.05, 3.63) is 130 Å². The van der Waals surface area contributed by atoms with Crippen LogP contribution in [0, 0.1) is 0 Å². The van der Waals surface area contributed by atoms with Crippen molar-refractivity contribution in [3.8, 4) is 11.5 Å². The van der Waals surface area contributed by atoms with Gasteiger partial charge in [0.1, 0.15) is 11.5 Å². The van der Waals surface area contributed by atoms with Crippen LogP contribution < -0.4 is 0 Å². The van der Waals surface area contributed by atoms with E-state index in [0.29, 0.717) is 22.3 Å². The second-order valence-electron chi connectivity index (χ2n) is 9.24. The van der Waals surface area contributed by atoms with E-state index in [1.165, 1.54) is 0 Å². The van der Waals surface area contributed by atoms with Gasteiger partial charge in [0.05, 0.1) is 0 Å². The summed E-state index contributed by atoms with van der Waals surface area (Å²) in [5.41, 5.74) is 3.64. The minimum Gasteiger partial charge on any atom is -0.508 e. The van der Waals surface area contributed by atoms with Gasteiger partial charge >= 0.3 is 0 Å². The molecular formula is C31H28O4. The Kier molecular flexibility index (Phi) is 6.83. The highest BCUT2D eigenvalue weighted by atomic mass is 16.3. The maximum atomic E-state index is 12.7. The molecule has 0 spiro atoms. The van der Waals surface area contributed by atoms with Gasteiger partial charge in [0.15, 0.2) is 11.6 Å². The molecule has 0 aliphatic carbocycles. The van der Waals surface area contributed by atoms with Crippen LogP contribution in [0.15, 0.2) is 97.1 Å². The smallest absolute Gasteiger partial charge is 0.167 e. The number of carbonyl (C=O) groups excluding carboxylic acids is 2. The molecule has 35 heavy (non-hydrogen) atoms. The summed E-state index contributed by atoms with van der Waals surface area (Å²) in [4.78, 5) is 25.5. The van der Waals surface area contributed by atoms with E-state index in [9.17, 15) is 19.8 Å². The number of carbonyl (C=O) groups is 2. The Morgan fingerprint density at radius 1 is 0.600 bits per heavy atom. The molecule has 4 aromatic rings. The molecule has 0 radical (unpaired) electrons. The Morgan fingerprint density at radius 2 is 0.971 bits per heavy atom. The summed E-state index contributed by atoms with van der Waals surface area (Å²) in [7, 11) is 0. The Morgan fingerprint density at radius 3 is 1.34 bits per heavy atom. The molecule has 0 amide bonds. The molecule has 0 bridgehead atoms. The van der Waals surface area contributed by atoms with Crippen LogP contribution in [0.4, 0.5) is 0 Å². The minimum absolute atomic E-state index is 0.0674. The van der Waals surface area contributed by atoms with Crippen molar-refractivity contribution in [2.24, 2.45) is 0 Å². The van der Waals surface area contributed by atoms with Gasteiger partial charge in [-0.15, -0.1) is 0 Å². The standard InChI is InChI=1S/C31H28O4/c1-31(2,25-13-15-27(32)23(17-25)19-29(34)21-9-5-3-6-10-21)26-14-16-28(33)24(18-26)20-30(35)22-11-7-4-8-12-22/h3-18,32-33H,19-20H2,1-2H3. The molecule has 0 unspecified atom stereocenters. The lowest BCUT2D eigenvalue weighted by atomic mass is 9.76. The predicted octanol–water partition coefficient (Wildman–Crippen LogP) is 6.27. The summed E-state index contributed by atoms with van der Waals surface area (Å²) < 4.78 is 0. The van der Waals surface area contributed by atoms with Crippen molar-refractivity contribution in [1.29, 1.82) is 0 Å². The Labute approximate surface area is 205 Å². The molecule has 0 atom stereocenters. The van der Waals surface area contributed by atoms with Gasteiger partial charge in [-0.1, -0.05) is 98.8 Å². The number of benzene rings is 4. The number of aromatic hydroxyl groups is 2. The van der Waals surface area contributed by atoms with E-state index in [1.54, 1.807) is 36.4 Å². The molecule has 0 aliphatic rings. The number of rotatable bonds is 8. The molecule has 0 aromatic heterocycles. The lowest BCUT2D eigenvalue weighted by Crippen LogP contribution is -2.20. The maximum Gasteiger partial charge on any atom is 0.167 e. The van der Waals surface area contributed by atoms with Crippen LogP contribution in [-0.2, 0) is 18.3 Å². The average Bonchev–Trinajstić information content (AvgIpc) is 2.87. The van der Waals surface area contributed by atoms with Gasteiger partial charge in [-0.3, -0.25) is 9.59 Å². The predicted molar refractivity (Wildman–Crippen MR) is 137 cm³/mol. The van der Waals surface area contributed by atoms with Gasteiger partial charge in [0.25, 0.3) is 0 Å². The van der Waals surface area contributed by atoms with Crippen LogP contribution in [0.25, 0.3) is 0 Å². The lowest BCUT2D eigenvalue weighted by Gasteiger charge is -2.27. The first kappa shape index (κ1) is 24.0. The first-order chi connectivity index (χ1) is 16.8. The van der Waals surface area contributed by atoms with Crippen molar-refractivity contribution < 1.29 is 19.8 Å². The summed E-state index contributed by atoms with van der Waals surface area (Å²) in [6, 6.07) is 28.7. The summed E-state index contributed by atoms with van der Waals surface area (Å²) >= 11 is 0. The molecule has 4 aromatic carbocycles. The van der Waals surface area contributed by atoms with Gasteiger partial charge in [-0.25, -0.2) is 0 Å². The largest absolute Gasteiger partial charge is 0.508 e.